The third-order valence-corrected chi connectivity index (χ3v) is 5.54. The minimum Gasteiger partial charge on any atom is -0.492 e. The van der Waals surface area contributed by atoms with Gasteiger partial charge in [0.05, 0.1) is 30.5 Å². The van der Waals surface area contributed by atoms with E-state index in [0.29, 0.717) is 24.9 Å². The molecular formula is C21H26N4O3. The number of carbonyl (C=O) groups excluding carboxylic acids is 2. The zero-order valence-corrected chi connectivity index (χ0v) is 16.1. The summed E-state index contributed by atoms with van der Waals surface area (Å²) in [6.45, 7) is 2.78. The van der Waals surface area contributed by atoms with Crippen LogP contribution in [-0.4, -0.2) is 34.7 Å². The van der Waals surface area contributed by atoms with Crippen molar-refractivity contribution in [3.05, 3.63) is 36.5 Å². The molecule has 1 unspecified atom stereocenters. The van der Waals surface area contributed by atoms with Gasteiger partial charge in [0.25, 0.3) is 0 Å². The second-order valence-corrected chi connectivity index (χ2v) is 7.39. The molecule has 1 aromatic carbocycles. The summed E-state index contributed by atoms with van der Waals surface area (Å²) in [7, 11) is 0. The highest BCUT2D eigenvalue weighted by Gasteiger charge is 2.36. The van der Waals surface area contributed by atoms with E-state index in [1.54, 1.807) is 11.1 Å². The fraction of sp³-hybridized carbons (Fsp3) is 0.476. The Morgan fingerprint density at radius 3 is 2.82 bits per heavy atom. The first-order valence-corrected chi connectivity index (χ1v) is 10.0. The van der Waals surface area contributed by atoms with Gasteiger partial charge in [0.15, 0.2) is 0 Å². The summed E-state index contributed by atoms with van der Waals surface area (Å²) in [5, 5.41) is 7.39. The van der Waals surface area contributed by atoms with Crippen LogP contribution >= 0.6 is 0 Å². The molecule has 4 rings (SSSR count). The number of amides is 2. The molecule has 1 saturated carbocycles. The second kappa shape index (κ2) is 8.04. The Bertz CT molecular complexity index is 857. The lowest BCUT2D eigenvalue weighted by Crippen LogP contribution is -2.29. The molecule has 1 saturated heterocycles. The second-order valence-electron chi connectivity index (χ2n) is 7.39. The fourth-order valence-electron chi connectivity index (χ4n) is 4.16. The first kappa shape index (κ1) is 18.5. The zero-order valence-electron chi connectivity index (χ0n) is 16.1. The quantitative estimate of drug-likeness (QED) is 0.831. The first-order valence-electron chi connectivity index (χ1n) is 10.0. The monoisotopic (exact) mass is 382 g/mol. The summed E-state index contributed by atoms with van der Waals surface area (Å²) in [5.74, 6) is 0.798. The zero-order chi connectivity index (χ0) is 19.5. The van der Waals surface area contributed by atoms with E-state index < -0.39 is 5.92 Å². The Balaban J connectivity index is 1.46. The van der Waals surface area contributed by atoms with E-state index in [1.165, 1.54) is 12.8 Å². The van der Waals surface area contributed by atoms with Crippen LogP contribution in [0.5, 0.6) is 5.75 Å². The lowest BCUT2D eigenvalue weighted by Gasteiger charge is -2.20. The third kappa shape index (κ3) is 3.61. The standard InChI is InChI=1S/C21H26N4O3/c1-2-28-18-10-6-5-9-17(18)24-14-15(13-20(24)26)21(27)23-19-11-12-22-25(19)16-7-3-4-8-16/h5-6,9-12,15-16H,2-4,7-8,13-14H2,1H3,(H,23,27). The van der Waals surface area contributed by atoms with Crippen molar-refractivity contribution in [3.63, 3.8) is 0 Å². The molecule has 1 atom stereocenters. The van der Waals surface area contributed by atoms with Gasteiger partial charge >= 0.3 is 0 Å². The van der Waals surface area contributed by atoms with Gasteiger partial charge in [-0.2, -0.15) is 5.10 Å². The molecule has 1 aromatic heterocycles. The van der Waals surface area contributed by atoms with E-state index in [2.05, 4.69) is 10.4 Å². The van der Waals surface area contributed by atoms with E-state index in [-0.39, 0.29) is 18.2 Å². The van der Waals surface area contributed by atoms with Crippen LogP contribution in [0.25, 0.3) is 0 Å². The number of benzene rings is 1. The summed E-state index contributed by atoms with van der Waals surface area (Å²) < 4.78 is 7.57. The van der Waals surface area contributed by atoms with Crippen LogP contribution in [0.3, 0.4) is 0 Å². The average molecular weight is 382 g/mol. The highest BCUT2D eigenvalue weighted by Crippen LogP contribution is 2.34. The summed E-state index contributed by atoms with van der Waals surface area (Å²) in [6.07, 6.45) is 6.50. The van der Waals surface area contributed by atoms with Crippen molar-refractivity contribution >= 4 is 23.3 Å². The summed E-state index contributed by atoms with van der Waals surface area (Å²) in [6, 6.07) is 9.64. The first-order chi connectivity index (χ1) is 13.7. The van der Waals surface area contributed by atoms with Crippen LogP contribution in [0, 0.1) is 5.92 Å². The number of aromatic nitrogens is 2. The lowest BCUT2D eigenvalue weighted by molar-refractivity contribution is -0.122. The van der Waals surface area contributed by atoms with Crippen LogP contribution in [0.2, 0.25) is 0 Å². The summed E-state index contributed by atoms with van der Waals surface area (Å²) in [4.78, 5) is 27.1. The van der Waals surface area contributed by atoms with Crippen molar-refractivity contribution in [2.45, 2.75) is 45.1 Å². The number of carbonyl (C=O) groups is 2. The Hall–Kier alpha value is -2.83. The molecule has 1 N–H and O–H groups in total. The number of rotatable bonds is 6. The Labute approximate surface area is 164 Å². The van der Waals surface area contributed by atoms with Crippen LogP contribution in [0.1, 0.15) is 45.1 Å². The van der Waals surface area contributed by atoms with E-state index in [4.69, 9.17) is 4.74 Å². The van der Waals surface area contributed by atoms with Gasteiger partial charge in [0, 0.05) is 19.0 Å². The SMILES string of the molecule is CCOc1ccccc1N1CC(C(=O)Nc2ccnn2C2CCCC2)CC1=O. The number of para-hydroxylation sites is 2. The van der Waals surface area contributed by atoms with Crippen molar-refractivity contribution in [1.29, 1.82) is 0 Å². The van der Waals surface area contributed by atoms with Crippen molar-refractivity contribution in [2.75, 3.05) is 23.4 Å². The molecule has 2 aliphatic rings. The van der Waals surface area contributed by atoms with Crippen molar-refractivity contribution < 1.29 is 14.3 Å². The normalized spacial score (nSPS) is 20.0. The molecule has 148 valence electrons. The largest absolute Gasteiger partial charge is 0.492 e. The Kier molecular flexibility index (Phi) is 5.32. The third-order valence-electron chi connectivity index (χ3n) is 5.54. The molecule has 7 heteroatoms. The van der Waals surface area contributed by atoms with E-state index in [9.17, 15) is 9.59 Å². The highest BCUT2D eigenvalue weighted by molar-refractivity contribution is 6.04. The molecular weight excluding hydrogens is 356 g/mol. The number of ether oxygens (including phenoxy) is 1. The minimum absolute atomic E-state index is 0.0587. The lowest BCUT2D eigenvalue weighted by atomic mass is 10.1. The van der Waals surface area contributed by atoms with Gasteiger partial charge in [-0.25, -0.2) is 4.68 Å². The molecule has 1 aliphatic heterocycles. The molecule has 2 heterocycles. The molecule has 0 spiro atoms. The predicted octanol–water partition coefficient (Wildman–Crippen LogP) is 3.39. The van der Waals surface area contributed by atoms with Gasteiger partial charge in [0.2, 0.25) is 11.8 Å². The van der Waals surface area contributed by atoms with Crippen LogP contribution in [-0.2, 0) is 9.59 Å². The molecule has 0 radical (unpaired) electrons. The molecule has 2 amide bonds. The van der Waals surface area contributed by atoms with Gasteiger partial charge in [0.1, 0.15) is 11.6 Å². The number of nitrogens with one attached hydrogen (secondary N) is 1. The molecule has 0 bridgehead atoms. The van der Waals surface area contributed by atoms with Crippen molar-refractivity contribution in [2.24, 2.45) is 5.92 Å². The Morgan fingerprint density at radius 1 is 1.25 bits per heavy atom. The topological polar surface area (TPSA) is 76.5 Å². The van der Waals surface area contributed by atoms with Crippen LogP contribution in [0.4, 0.5) is 11.5 Å². The van der Waals surface area contributed by atoms with Gasteiger partial charge < -0.3 is 15.0 Å². The Morgan fingerprint density at radius 2 is 2.04 bits per heavy atom. The maximum Gasteiger partial charge on any atom is 0.230 e. The summed E-state index contributed by atoms with van der Waals surface area (Å²) >= 11 is 0. The van der Waals surface area contributed by atoms with Crippen LogP contribution in [0.15, 0.2) is 36.5 Å². The molecule has 2 fully saturated rings. The number of anilines is 2. The summed E-state index contributed by atoms with van der Waals surface area (Å²) in [5.41, 5.74) is 0.723. The number of nitrogens with zero attached hydrogens (tertiary/aromatic N) is 3. The van der Waals surface area contributed by atoms with Gasteiger partial charge in [-0.05, 0) is 31.9 Å². The molecule has 2 aromatic rings. The molecule has 7 nitrogen and oxygen atoms in total. The minimum atomic E-state index is -0.394. The van der Waals surface area contributed by atoms with E-state index in [1.807, 2.05) is 41.9 Å². The number of hydrogen-bond donors (Lipinski definition) is 1. The number of hydrogen-bond acceptors (Lipinski definition) is 4. The van der Waals surface area contributed by atoms with Crippen molar-refractivity contribution in [3.8, 4) is 5.75 Å². The maximum absolute atomic E-state index is 12.9. The van der Waals surface area contributed by atoms with E-state index in [0.717, 1.165) is 24.3 Å². The molecule has 28 heavy (non-hydrogen) atoms. The van der Waals surface area contributed by atoms with Gasteiger partial charge in [-0.1, -0.05) is 25.0 Å². The highest BCUT2D eigenvalue weighted by atomic mass is 16.5. The van der Waals surface area contributed by atoms with Crippen LogP contribution < -0.4 is 15.0 Å². The van der Waals surface area contributed by atoms with Crippen molar-refractivity contribution in [1.82, 2.24) is 9.78 Å². The fourth-order valence-corrected chi connectivity index (χ4v) is 4.16. The molecule has 1 aliphatic carbocycles. The van der Waals surface area contributed by atoms with Gasteiger partial charge in [-0.3, -0.25) is 9.59 Å². The average Bonchev–Trinajstić information content (AvgIpc) is 3.43. The van der Waals surface area contributed by atoms with Gasteiger partial charge in [-0.15, -0.1) is 0 Å². The smallest absolute Gasteiger partial charge is 0.230 e. The van der Waals surface area contributed by atoms with E-state index >= 15 is 0 Å². The maximum atomic E-state index is 12.9. The predicted molar refractivity (Wildman–Crippen MR) is 106 cm³/mol.